The summed E-state index contributed by atoms with van der Waals surface area (Å²) in [5, 5.41) is 4.71. The Morgan fingerprint density at radius 1 is 1.35 bits per heavy atom. The van der Waals surface area contributed by atoms with Crippen LogP contribution in [0.2, 0.25) is 0 Å². The van der Waals surface area contributed by atoms with Gasteiger partial charge in [-0.2, -0.15) is 5.10 Å². The van der Waals surface area contributed by atoms with E-state index in [2.05, 4.69) is 34.6 Å². The van der Waals surface area contributed by atoms with Gasteiger partial charge >= 0.3 is 0 Å². The third-order valence-electron chi connectivity index (χ3n) is 2.74. The van der Waals surface area contributed by atoms with Gasteiger partial charge in [0.2, 0.25) is 5.88 Å². The molecule has 0 fully saturated rings. The fourth-order valence-electron chi connectivity index (χ4n) is 1.96. The van der Waals surface area contributed by atoms with E-state index in [1.54, 1.807) is 7.11 Å². The third kappa shape index (κ3) is 2.80. The van der Waals surface area contributed by atoms with E-state index in [0.29, 0.717) is 12.5 Å². The molecule has 0 aliphatic rings. The summed E-state index contributed by atoms with van der Waals surface area (Å²) in [6, 6.07) is 0. The predicted molar refractivity (Wildman–Crippen MR) is 70.6 cm³/mol. The first-order valence-corrected chi connectivity index (χ1v) is 6.19. The van der Waals surface area contributed by atoms with Gasteiger partial charge in [0.25, 0.3) is 0 Å². The Balaban J connectivity index is 3.38. The Labute approximate surface area is 104 Å². The van der Waals surface area contributed by atoms with Crippen molar-refractivity contribution in [2.75, 3.05) is 13.7 Å². The van der Waals surface area contributed by atoms with Crippen LogP contribution in [0, 0.1) is 0 Å². The third-order valence-corrected chi connectivity index (χ3v) is 2.74. The van der Waals surface area contributed by atoms with Crippen LogP contribution in [0.1, 0.15) is 51.8 Å². The van der Waals surface area contributed by atoms with Crippen LogP contribution in [0.15, 0.2) is 0 Å². The van der Waals surface area contributed by atoms with Crippen LogP contribution in [0.3, 0.4) is 0 Å². The molecule has 2 N–H and O–H groups in total. The number of rotatable bonds is 4. The molecule has 0 radical (unpaired) electrons. The number of nitrogens with zero attached hydrogens (tertiary/aromatic N) is 2. The summed E-state index contributed by atoms with van der Waals surface area (Å²) in [7, 11) is 1.70. The summed E-state index contributed by atoms with van der Waals surface area (Å²) in [5.41, 5.74) is 7.85. The minimum absolute atomic E-state index is 0.0815. The number of ether oxygens (including phenoxy) is 1. The molecule has 0 saturated heterocycles. The van der Waals surface area contributed by atoms with Gasteiger partial charge in [-0.15, -0.1) is 0 Å². The zero-order valence-electron chi connectivity index (χ0n) is 11.9. The fraction of sp³-hybridized carbons (Fsp3) is 0.769. The first-order valence-electron chi connectivity index (χ1n) is 6.19. The van der Waals surface area contributed by atoms with E-state index in [1.807, 2.05) is 4.68 Å². The van der Waals surface area contributed by atoms with E-state index in [1.165, 1.54) is 0 Å². The molecule has 0 aliphatic carbocycles. The second-order valence-electron chi connectivity index (χ2n) is 5.65. The molecular formula is C13H25N3O. The number of hydrogen-bond acceptors (Lipinski definition) is 3. The summed E-state index contributed by atoms with van der Waals surface area (Å²) in [6.45, 7) is 11.3. The van der Waals surface area contributed by atoms with Gasteiger partial charge in [-0.05, 0) is 39.7 Å². The molecule has 1 rings (SSSR count). The molecule has 1 aromatic rings. The highest BCUT2D eigenvalue weighted by atomic mass is 16.5. The standard InChI is InChI=1S/C13H25N3O/c1-9(2)11-10(7-8-14)12(17-6)16(15-11)13(3,4)5/h9H,7-8,14H2,1-6H3. The summed E-state index contributed by atoms with van der Waals surface area (Å²) >= 11 is 0. The van der Waals surface area contributed by atoms with Crippen molar-refractivity contribution < 1.29 is 4.74 Å². The lowest BCUT2D eigenvalue weighted by Gasteiger charge is -2.21. The molecule has 0 aromatic carbocycles. The summed E-state index contributed by atoms with van der Waals surface area (Å²) in [5.74, 6) is 1.24. The zero-order chi connectivity index (χ0) is 13.2. The zero-order valence-corrected chi connectivity index (χ0v) is 11.9. The lowest BCUT2D eigenvalue weighted by Crippen LogP contribution is -2.24. The van der Waals surface area contributed by atoms with E-state index in [0.717, 1.165) is 23.6 Å². The van der Waals surface area contributed by atoms with Crippen LogP contribution in [0.5, 0.6) is 5.88 Å². The van der Waals surface area contributed by atoms with Crippen molar-refractivity contribution in [1.29, 1.82) is 0 Å². The molecule has 0 atom stereocenters. The smallest absolute Gasteiger partial charge is 0.215 e. The molecule has 0 amide bonds. The highest BCUT2D eigenvalue weighted by Gasteiger charge is 2.26. The minimum Gasteiger partial charge on any atom is -0.481 e. The highest BCUT2D eigenvalue weighted by Crippen LogP contribution is 2.32. The van der Waals surface area contributed by atoms with Gasteiger partial charge < -0.3 is 10.5 Å². The molecule has 0 aliphatic heterocycles. The summed E-state index contributed by atoms with van der Waals surface area (Å²) in [4.78, 5) is 0. The molecule has 1 aromatic heterocycles. The molecule has 0 spiro atoms. The van der Waals surface area contributed by atoms with E-state index in [-0.39, 0.29) is 5.54 Å². The molecule has 0 unspecified atom stereocenters. The summed E-state index contributed by atoms with van der Waals surface area (Å²) < 4.78 is 7.50. The van der Waals surface area contributed by atoms with Crippen LogP contribution >= 0.6 is 0 Å². The van der Waals surface area contributed by atoms with Crippen LogP contribution in [-0.4, -0.2) is 23.4 Å². The molecule has 0 bridgehead atoms. The van der Waals surface area contributed by atoms with Crippen molar-refractivity contribution in [2.45, 2.75) is 52.5 Å². The van der Waals surface area contributed by atoms with Crippen LogP contribution in [-0.2, 0) is 12.0 Å². The molecule has 17 heavy (non-hydrogen) atoms. The monoisotopic (exact) mass is 239 g/mol. The molecule has 1 heterocycles. The first kappa shape index (κ1) is 14.0. The normalized spacial score (nSPS) is 12.2. The Hall–Kier alpha value is -1.03. The Morgan fingerprint density at radius 2 is 1.94 bits per heavy atom. The highest BCUT2D eigenvalue weighted by molar-refractivity contribution is 5.35. The van der Waals surface area contributed by atoms with Gasteiger partial charge in [-0.1, -0.05) is 13.8 Å². The lowest BCUT2D eigenvalue weighted by molar-refractivity contribution is 0.279. The summed E-state index contributed by atoms with van der Waals surface area (Å²) in [6.07, 6.45) is 0.812. The maximum atomic E-state index is 5.68. The number of hydrogen-bond donors (Lipinski definition) is 1. The van der Waals surface area contributed by atoms with Gasteiger partial charge in [0.1, 0.15) is 0 Å². The molecular weight excluding hydrogens is 214 g/mol. The van der Waals surface area contributed by atoms with Crippen molar-refractivity contribution in [2.24, 2.45) is 5.73 Å². The minimum atomic E-state index is -0.0815. The van der Waals surface area contributed by atoms with Crippen molar-refractivity contribution >= 4 is 0 Å². The maximum absolute atomic E-state index is 5.68. The van der Waals surface area contributed by atoms with Crippen molar-refractivity contribution in [3.05, 3.63) is 11.3 Å². The topological polar surface area (TPSA) is 53.1 Å². The van der Waals surface area contributed by atoms with Crippen LogP contribution in [0.25, 0.3) is 0 Å². The quantitative estimate of drug-likeness (QED) is 0.877. The van der Waals surface area contributed by atoms with Gasteiger partial charge in [-0.3, -0.25) is 0 Å². The largest absolute Gasteiger partial charge is 0.481 e. The van der Waals surface area contributed by atoms with Gasteiger partial charge in [0, 0.05) is 5.56 Å². The van der Waals surface area contributed by atoms with Crippen LogP contribution < -0.4 is 10.5 Å². The van der Waals surface area contributed by atoms with E-state index < -0.39 is 0 Å². The average molecular weight is 239 g/mol. The van der Waals surface area contributed by atoms with Gasteiger partial charge in [-0.25, -0.2) is 4.68 Å². The Morgan fingerprint density at radius 3 is 2.29 bits per heavy atom. The fourth-order valence-corrected chi connectivity index (χ4v) is 1.96. The van der Waals surface area contributed by atoms with Crippen molar-refractivity contribution in [3.63, 3.8) is 0 Å². The van der Waals surface area contributed by atoms with E-state index in [9.17, 15) is 0 Å². The maximum Gasteiger partial charge on any atom is 0.215 e. The number of methoxy groups -OCH3 is 1. The number of aromatic nitrogens is 2. The van der Waals surface area contributed by atoms with Gasteiger partial charge in [0.15, 0.2) is 0 Å². The van der Waals surface area contributed by atoms with Crippen molar-refractivity contribution in [3.8, 4) is 5.88 Å². The Bertz CT molecular complexity index is 375. The second kappa shape index (κ2) is 5.08. The van der Waals surface area contributed by atoms with Crippen molar-refractivity contribution in [1.82, 2.24) is 9.78 Å². The first-order chi connectivity index (χ1) is 7.82. The molecule has 4 heteroatoms. The SMILES string of the molecule is COc1c(CCN)c(C(C)C)nn1C(C)(C)C. The molecule has 4 nitrogen and oxygen atoms in total. The number of nitrogens with two attached hydrogens (primary N) is 1. The lowest BCUT2D eigenvalue weighted by atomic mass is 10.0. The van der Waals surface area contributed by atoms with E-state index >= 15 is 0 Å². The van der Waals surface area contributed by atoms with E-state index in [4.69, 9.17) is 15.6 Å². The second-order valence-corrected chi connectivity index (χ2v) is 5.65. The van der Waals surface area contributed by atoms with Gasteiger partial charge in [0.05, 0.1) is 18.3 Å². The average Bonchev–Trinajstić information content (AvgIpc) is 2.56. The molecule has 0 saturated carbocycles. The van der Waals surface area contributed by atoms with Crippen LogP contribution in [0.4, 0.5) is 0 Å². The molecule has 98 valence electrons. The Kier molecular flexibility index (Phi) is 4.20. The predicted octanol–water partition coefficient (Wildman–Crippen LogP) is 2.27.